The predicted molar refractivity (Wildman–Crippen MR) is 117 cm³/mol. The van der Waals surface area contributed by atoms with Crippen LogP contribution in [0.1, 0.15) is 38.8 Å². The summed E-state index contributed by atoms with van der Waals surface area (Å²) in [4.78, 5) is 24.2. The molecule has 1 aliphatic heterocycles. The highest BCUT2D eigenvalue weighted by atomic mass is 19.1. The Hall–Kier alpha value is -2.78. The lowest BCUT2D eigenvalue weighted by Crippen LogP contribution is -2.46. The van der Waals surface area contributed by atoms with Crippen molar-refractivity contribution in [3.63, 3.8) is 0 Å². The Labute approximate surface area is 186 Å². The topological polar surface area (TPSA) is 90.6 Å². The van der Waals surface area contributed by atoms with E-state index < -0.39 is 54.2 Å². The van der Waals surface area contributed by atoms with Crippen molar-refractivity contribution in [3.05, 3.63) is 65.2 Å². The summed E-state index contributed by atoms with van der Waals surface area (Å²) in [6.45, 7) is 7.87. The van der Waals surface area contributed by atoms with E-state index in [1.165, 1.54) is 6.07 Å². The number of carbonyl (C=O) groups excluding carboxylic acids is 2. The fourth-order valence-electron chi connectivity index (χ4n) is 3.36. The second kappa shape index (κ2) is 9.00. The van der Waals surface area contributed by atoms with E-state index in [2.05, 4.69) is 5.32 Å². The molecule has 3 rings (SSSR count). The van der Waals surface area contributed by atoms with Crippen LogP contribution in [0.2, 0.25) is 0 Å². The molecular weight excluding hydrogens is 417 g/mol. The van der Waals surface area contributed by atoms with Gasteiger partial charge in [-0.2, -0.15) is 0 Å². The van der Waals surface area contributed by atoms with Gasteiger partial charge in [-0.25, -0.2) is 8.78 Å². The normalized spacial score (nSPS) is 17.8. The van der Waals surface area contributed by atoms with Crippen LogP contribution in [0.25, 0.3) is 0 Å². The molecular formula is C23H27BF2N2O4. The highest BCUT2D eigenvalue weighted by Crippen LogP contribution is 2.36. The smallest absolute Gasteiger partial charge is 0.399 e. The number of benzene rings is 2. The van der Waals surface area contributed by atoms with Gasteiger partial charge in [0.1, 0.15) is 17.7 Å². The number of nitrogens with one attached hydrogen (secondary N) is 1. The Morgan fingerprint density at radius 3 is 2.03 bits per heavy atom. The molecule has 1 fully saturated rings. The van der Waals surface area contributed by atoms with Crippen molar-refractivity contribution in [2.24, 2.45) is 5.73 Å². The Balaban J connectivity index is 1.65. The molecule has 0 spiro atoms. The number of carbonyl (C=O) groups is 2. The van der Waals surface area contributed by atoms with Crippen LogP contribution in [-0.2, 0) is 31.7 Å². The molecule has 3 N–H and O–H groups in total. The molecule has 6 nitrogen and oxygen atoms in total. The first kappa shape index (κ1) is 23.9. The fourth-order valence-corrected chi connectivity index (χ4v) is 3.36. The molecule has 170 valence electrons. The van der Waals surface area contributed by atoms with E-state index >= 15 is 0 Å². The van der Waals surface area contributed by atoms with Gasteiger partial charge in [-0.3, -0.25) is 9.59 Å². The zero-order chi connectivity index (χ0) is 23.7. The van der Waals surface area contributed by atoms with E-state index in [-0.39, 0.29) is 12.0 Å². The van der Waals surface area contributed by atoms with Crippen molar-refractivity contribution in [2.75, 3.05) is 0 Å². The van der Waals surface area contributed by atoms with Crippen molar-refractivity contribution >= 4 is 24.4 Å². The predicted octanol–water partition coefficient (Wildman–Crippen LogP) is 2.02. The molecule has 0 aliphatic carbocycles. The highest BCUT2D eigenvalue weighted by Gasteiger charge is 2.51. The lowest BCUT2D eigenvalue weighted by molar-refractivity contribution is -0.127. The maximum atomic E-state index is 13.8. The van der Waals surface area contributed by atoms with E-state index in [0.717, 1.165) is 23.2 Å². The van der Waals surface area contributed by atoms with Gasteiger partial charge in [-0.15, -0.1) is 0 Å². The van der Waals surface area contributed by atoms with Gasteiger partial charge >= 0.3 is 7.12 Å². The van der Waals surface area contributed by atoms with Crippen molar-refractivity contribution in [2.45, 2.75) is 57.8 Å². The highest BCUT2D eigenvalue weighted by molar-refractivity contribution is 6.62. The molecule has 1 atom stereocenters. The Bertz CT molecular complexity index is 975. The largest absolute Gasteiger partial charge is 0.494 e. The maximum absolute atomic E-state index is 13.8. The monoisotopic (exact) mass is 444 g/mol. The molecule has 9 heteroatoms. The number of hydrogen-bond acceptors (Lipinski definition) is 4. The summed E-state index contributed by atoms with van der Waals surface area (Å²) < 4.78 is 39.6. The van der Waals surface area contributed by atoms with E-state index in [4.69, 9.17) is 15.0 Å². The number of nitrogens with two attached hydrogens (primary N) is 1. The van der Waals surface area contributed by atoms with Crippen LogP contribution in [0, 0.1) is 11.6 Å². The second-order valence-electron chi connectivity index (χ2n) is 8.93. The quantitative estimate of drug-likeness (QED) is 0.640. The maximum Gasteiger partial charge on any atom is 0.494 e. The van der Waals surface area contributed by atoms with Gasteiger partial charge in [-0.1, -0.05) is 30.3 Å². The van der Waals surface area contributed by atoms with E-state index in [9.17, 15) is 18.4 Å². The van der Waals surface area contributed by atoms with Gasteiger partial charge in [0, 0.05) is 12.0 Å². The number of primary amides is 1. The minimum absolute atomic E-state index is 0.129. The Morgan fingerprint density at radius 1 is 1.00 bits per heavy atom. The first-order chi connectivity index (χ1) is 14.9. The molecule has 0 radical (unpaired) electrons. The van der Waals surface area contributed by atoms with Gasteiger partial charge in [0.05, 0.1) is 17.6 Å². The fraction of sp³-hybridized carbons (Fsp3) is 0.391. The number of hydrogen-bond donors (Lipinski definition) is 2. The summed E-state index contributed by atoms with van der Waals surface area (Å²) in [5, 5.41) is 2.46. The number of amides is 2. The Kier molecular flexibility index (Phi) is 6.71. The summed E-state index contributed by atoms with van der Waals surface area (Å²) in [7, 11) is -0.517. The lowest BCUT2D eigenvalue weighted by Gasteiger charge is -2.32. The molecule has 1 saturated heterocycles. The van der Waals surface area contributed by atoms with Crippen molar-refractivity contribution in [3.8, 4) is 0 Å². The minimum atomic E-state index is -1.03. The van der Waals surface area contributed by atoms with Crippen LogP contribution in [0.3, 0.4) is 0 Å². The molecule has 1 heterocycles. The molecule has 2 amide bonds. The van der Waals surface area contributed by atoms with Crippen LogP contribution in [0.5, 0.6) is 0 Å². The van der Waals surface area contributed by atoms with Gasteiger partial charge in [-0.05, 0) is 50.9 Å². The van der Waals surface area contributed by atoms with Gasteiger partial charge in [0.2, 0.25) is 11.8 Å². The standard InChI is InChI=1S/C23H27BF2N2O4/c1-22(2)23(3,4)32-24(31-22)15-10-8-14(9-11-15)12-19(21(27)30)28-20(29)13-16-17(25)6-5-7-18(16)26/h5-11,19H,12-13H2,1-4H3,(H2,27,30)(H,28,29)/t19-/m1/s1. The second-order valence-corrected chi connectivity index (χ2v) is 8.93. The number of halogens is 2. The first-order valence-electron chi connectivity index (χ1n) is 10.4. The summed E-state index contributed by atoms with van der Waals surface area (Å²) in [6.07, 6.45) is -0.409. The van der Waals surface area contributed by atoms with Crippen LogP contribution in [0.4, 0.5) is 8.78 Å². The summed E-state index contributed by atoms with van der Waals surface area (Å²) in [5.74, 6) is -3.10. The molecule has 2 aromatic rings. The molecule has 2 aromatic carbocycles. The third kappa shape index (κ3) is 5.16. The van der Waals surface area contributed by atoms with Crippen LogP contribution in [-0.4, -0.2) is 36.2 Å². The van der Waals surface area contributed by atoms with E-state index in [1.807, 2.05) is 39.8 Å². The van der Waals surface area contributed by atoms with Crippen molar-refractivity contribution in [1.82, 2.24) is 5.32 Å². The molecule has 0 unspecified atom stereocenters. The lowest BCUT2D eigenvalue weighted by atomic mass is 9.78. The molecule has 0 bridgehead atoms. The third-order valence-corrected chi connectivity index (χ3v) is 6.02. The van der Waals surface area contributed by atoms with Gasteiger partial charge < -0.3 is 20.4 Å². The SMILES string of the molecule is CC1(C)OB(c2ccc(C[C@@H](NC(=O)Cc3c(F)cccc3F)C(N)=O)cc2)OC1(C)C. The van der Waals surface area contributed by atoms with E-state index in [1.54, 1.807) is 12.1 Å². The zero-order valence-electron chi connectivity index (χ0n) is 18.6. The molecule has 32 heavy (non-hydrogen) atoms. The molecule has 0 saturated carbocycles. The van der Waals surface area contributed by atoms with Crippen molar-refractivity contribution in [1.29, 1.82) is 0 Å². The average Bonchev–Trinajstić information content (AvgIpc) is 2.92. The van der Waals surface area contributed by atoms with Gasteiger partial charge in [0.25, 0.3) is 0 Å². The van der Waals surface area contributed by atoms with E-state index in [0.29, 0.717) is 0 Å². The van der Waals surface area contributed by atoms with Crippen LogP contribution < -0.4 is 16.5 Å². The first-order valence-corrected chi connectivity index (χ1v) is 10.4. The average molecular weight is 444 g/mol. The molecule has 1 aliphatic rings. The minimum Gasteiger partial charge on any atom is -0.399 e. The summed E-state index contributed by atoms with van der Waals surface area (Å²) >= 11 is 0. The zero-order valence-corrected chi connectivity index (χ0v) is 18.6. The third-order valence-electron chi connectivity index (χ3n) is 6.02. The number of rotatable bonds is 7. The van der Waals surface area contributed by atoms with Crippen LogP contribution >= 0.6 is 0 Å². The Morgan fingerprint density at radius 2 is 1.53 bits per heavy atom. The molecule has 0 aromatic heterocycles. The van der Waals surface area contributed by atoms with Crippen LogP contribution in [0.15, 0.2) is 42.5 Å². The van der Waals surface area contributed by atoms with Crippen molar-refractivity contribution < 1.29 is 27.7 Å². The summed E-state index contributed by atoms with van der Waals surface area (Å²) in [5.41, 5.74) is 5.71. The van der Waals surface area contributed by atoms with Gasteiger partial charge in [0.15, 0.2) is 0 Å². The summed E-state index contributed by atoms with van der Waals surface area (Å²) in [6, 6.07) is 9.55.